The Balaban J connectivity index is 2.36. The lowest BCUT2D eigenvalue weighted by atomic mass is 10.2. The van der Waals surface area contributed by atoms with Gasteiger partial charge in [0.15, 0.2) is 0 Å². The fraction of sp³-hybridized carbons (Fsp3) is 0.0714. The fourth-order valence-corrected chi connectivity index (χ4v) is 2.31. The second kappa shape index (κ2) is 4.34. The van der Waals surface area contributed by atoms with Crippen LogP contribution >= 0.6 is 0 Å². The zero-order chi connectivity index (χ0) is 14.3. The highest BCUT2D eigenvalue weighted by Crippen LogP contribution is 2.19. The standard InChI is InChI=1S/C14H11N3O3/c1-15-13-8-7-11(17(19)20)9-12(13)14(18)16(15)10-5-3-2-4-6-10/h2-9H,1H3. The van der Waals surface area contributed by atoms with E-state index < -0.39 is 4.92 Å². The number of fused-ring (bicyclic) bond motifs is 1. The normalized spacial score (nSPS) is 10.8. The molecule has 2 aromatic carbocycles. The molecule has 1 heterocycles. The number of hydrogen-bond donors (Lipinski definition) is 0. The maximum absolute atomic E-state index is 12.4. The summed E-state index contributed by atoms with van der Waals surface area (Å²) in [7, 11) is 1.75. The average molecular weight is 269 g/mol. The van der Waals surface area contributed by atoms with Crippen molar-refractivity contribution in [1.82, 2.24) is 9.36 Å². The lowest BCUT2D eigenvalue weighted by molar-refractivity contribution is -0.384. The van der Waals surface area contributed by atoms with Gasteiger partial charge in [0.25, 0.3) is 11.2 Å². The highest BCUT2D eigenvalue weighted by Gasteiger charge is 2.15. The first-order valence-electron chi connectivity index (χ1n) is 6.01. The number of nitrogens with zero attached hydrogens (tertiary/aromatic N) is 3. The molecule has 0 atom stereocenters. The van der Waals surface area contributed by atoms with Crippen molar-refractivity contribution in [3.05, 3.63) is 69.0 Å². The molecule has 0 saturated carbocycles. The monoisotopic (exact) mass is 269 g/mol. The Hall–Kier alpha value is -2.89. The number of aryl methyl sites for hydroxylation is 1. The molecule has 1 aromatic heterocycles. The van der Waals surface area contributed by atoms with Crippen molar-refractivity contribution in [3.8, 4) is 5.69 Å². The van der Waals surface area contributed by atoms with Crippen LogP contribution in [-0.4, -0.2) is 14.3 Å². The number of non-ortho nitro benzene ring substituents is 1. The second-order valence-corrected chi connectivity index (χ2v) is 4.43. The first kappa shape index (κ1) is 12.2. The molecule has 0 aliphatic heterocycles. The molecule has 100 valence electrons. The molecule has 6 nitrogen and oxygen atoms in total. The third kappa shape index (κ3) is 1.70. The highest BCUT2D eigenvalue weighted by molar-refractivity contribution is 5.81. The second-order valence-electron chi connectivity index (χ2n) is 4.43. The Morgan fingerprint density at radius 3 is 2.45 bits per heavy atom. The zero-order valence-corrected chi connectivity index (χ0v) is 10.7. The maximum atomic E-state index is 12.4. The van der Waals surface area contributed by atoms with Crippen molar-refractivity contribution < 1.29 is 4.92 Å². The molecule has 6 heteroatoms. The van der Waals surface area contributed by atoms with Crippen molar-refractivity contribution in [1.29, 1.82) is 0 Å². The van der Waals surface area contributed by atoms with Gasteiger partial charge in [-0.05, 0) is 18.2 Å². The van der Waals surface area contributed by atoms with Crippen LogP contribution in [0.15, 0.2) is 53.3 Å². The SMILES string of the molecule is Cn1c2ccc([N+](=O)[O-])cc2c(=O)n1-c1ccccc1. The topological polar surface area (TPSA) is 70.1 Å². The van der Waals surface area contributed by atoms with Crippen molar-refractivity contribution in [2.45, 2.75) is 0 Å². The van der Waals surface area contributed by atoms with Crippen LogP contribution in [0.4, 0.5) is 5.69 Å². The third-order valence-electron chi connectivity index (χ3n) is 3.26. The zero-order valence-electron chi connectivity index (χ0n) is 10.7. The smallest absolute Gasteiger partial charge is 0.279 e. The van der Waals surface area contributed by atoms with Gasteiger partial charge in [0.1, 0.15) is 0 Å². The van der Waals surface area contributed by atoms with E-state index >= 15 is 0 Å². The van der Waals surface area contributed by atoms with E-state index in [1.54, 1.807) is 17.8 Å². The summed E-state index contributed by atoms with van der Waals surface area (Å²) < 4.78 is 3.19. The molecule has 3 rings (SSSR count). The fourth-order valence-electron chi connectivity index (χ4n) is 2.31. The Bertz CT molecular complexity index is 862. The van der Waals surface area contributed by atoms with Gasteiger partial charge in [0, 0.05) is 19.2 Å². The third-order valence-corrected chi connectivity index (χ3v) is 3.26. The summed E-state index contributed by atoms with van der Waals surface area (Å²) in [6.45, 7) is 0. The van der Waals surface area contributed by atoms with Crippen LogP contribution in [0.2, 0.25) is 0 Å². The minimum atomic E-state index is -0.501. The summed E-state index contributed by atoms with van der Waals surface area (Å²) >= 11 is 0. The highest BCUT2D eigenvalue weighted by atomic mass is 16.6. The molecular weight excluding hydrogens is 258 g/mol. The molecular formula is C14H11N3O3. The summed E-state index contributed by atoms with van der Waals surface area (Å²) in [5, 5.41) is 11.1. The largest absolute Gasteiger partial charge is 0.280 e. The van der Waals surface area contributed by atoms with Gasteiger partial charge in [0.2, 0.25) is 0 Å². The van der Waals surface area contributed by atoms with Crippen LogP contribution in [0, 0.1) is 10.1 Å². The number of aromatic nitrogens is 2. The van der Waals surface area contributed by atoms with Gasteiger partial charge in [-0.15, -0.1) is 0 Å². The minimum absolute atomic E-state index is 0.0830. The number of nitro benzene ring substituents is 1. The predicted molar refractivity (Wildman–Crippen MR) is 75.2 cm³/mol. The number of hydrogen-bond acceptors (Lipinski definition) is 3. The van der Waals surface area contributed by atoms with Crippen molar-refractivity contribution in [2.24, 2.45) is 7.05 Å². The molecule has 0 N–H and O–H groups in total. The average Bonchev–Trinajstić information content (AvgIpc) is 2.71. The predicted octanol–water partition coefficient (Wildman–Crippen LogP) is 2.24. The van der Waals surface area contributed by atoms with Crippen LogP contribution in [0.1, 0.15) is 0 Å². The number of rotatable bonds is 2. The Labute approximate surface area is 113 Å². The van der Waals surface area contributed by atoms with Crippen LogP contribution in [0.25, 0.3) is 16.6 Å². The molecule has 0 fully saturated rings. The van der Waals surface area contributed by atoms with E-state index in [0.29, 0.717) is 10.9 Å². The summed E-state index contributed by atoms with van der Waals surface area (Å²) in [5.74, 6) is 0. The van der Waals surface area contributed by atoms with Crippen molar-refractivity contribution in [3.63, 3.8) is 0 Å². The van der Waals surface area contributed by atoms with Gasteiger partial charge >= 0.3 is 0 Å². The van der Waals surface area contributed by atoms with E-state index in [1.165, 1.54) is 16.8 Å². The summed E-state index contributed by atoms with van der Waals surface area (Å²) in [5.41, 5.74) is 1.03. The molecule has 0 bridgehead atoms. The molecule has 0 aliphatic carbocycles. The molecule has 0 radical (unpaired) electrons. The summed E-state index contributed by atoms with van der Waals surface area (Å²) in [4.78, 5) is 22.8. The van der Waals surface area contributed by atoms with Crippen LogP contribution < -0.4 is 5.56 Å². The lowest BCUT2D eigenvalue weighted by Crippen LogP contribution is -2.19. The van der Waals surface area contributed by atoms with Gasteiger partial charge in [0.05, 0.1) is 21.5 Å². The molecule has 0 aliphatic rings. The van der Waals surface area contributed by atoms with E-state index in [0.717, 1.165) is 5.69 Å². The molecule has 0 amide bonds. The maximum Gasteiger partial charge on any atom is 0.279 e. The molecule has 3 aromatic rings. The number of nitro groups is 1. The van der Waals surface area contributed by atoms with Gasteiger partial charge in [-0.2, -0.15) is 0 Å². The van der Waals surface area contributed by atoms with Gasteiger partial charge < -0.3 is 0 Å². The van der Waals surface area contributed by atoms with E-state index in [2.05, 4.69) is 0 Å². The molecule has 0 saturated heterocycles. The quantitative estimate of drug-likeness (QED) is 0.529. The van der Waals surface area contributed by atoms with Gasteiger partial charge in [-0.1, -0.05) is 18.2 Å². The Kier molecular flexibility index (Phi) is 2.64. The van der Waals surface area contributed by atoms with Gasteiger partial charge in [-0.3, -0.25) is 19.6 Å². The van der Waals surface area contributed by atoms with Crippen LogP contribution in [0.5, 0.6) is 0 Å². The van der Waals surface area contributed by atoms with E-state index in [9.17, 15) is 14.9 Å². The first-order chi connectivity index (χ1) is 9.59. The van der Waals surface area contributed by atoms with E-state index in [1.807, 2.05) is 30.3 Å². The molecule has 0 spiro atoms. The Morgan fingerprint density at radius 1 is 1.10 bits per heavy atom. The van der Waals surface area contributed by atoms with Crippen LogP contribution in [0.3, 0.4) is 0 Å². The summed E-state index contributed by atoms with van der Waals surface area (Å²) in [6.07, 6.45) is 0. The van der Waals surface area contributed by atoms with E-state index in [4.69, 9.17) is 0 Å². The molecule has 20 heavy (non-hydrogen) atoms. The van der Waals surface area contributed by atoms with Gasteiger partial charge in [-0.25, -0.2) is 4.68 Å². The van der Waals surface area contributed by atoms with Crippen molar-refractivity contribution >= 4 is 16.6 Å². The summed E-state index contributed by atoms with van der Waals surface area (Å²) in [6, 6.07) is 13.5. The number of para-hydroxylation sites is 1. The Morgan fingerprint density at radius 2 is 1.80 bits per heavy atom. The molecule has 0 unspecified atom stereocenters. The number of benzene rings is 2. The minimum Gasteiger partial charge on any atom is -0.280 e. The first-order valence-corrected chi connectivity index (χ1v) is 6.01. The lowest BCUT2D eigenvalue weighted by Gasteiger charge is -2.06. The van der Waals surface area contributed by atoms with Crippen molar-refractivity contribution in [2.75, 3.05) is 0 Å². The van der Waals surface area contributed by atoms with Crippen LogP contribution in [-0.2, 0) is 7.05 Å². The van der Waals surface area contributed by atoms with E-state index in [-0.39, 0.29) is 11.2 Å².